The van der Waals surface area contributed by atoms with Crippen LogP contribution in [0.25, 0.3) is 45.4 Å². The molecule has 6 heteroatoms. The number of rotatable bonds is 4. The van der Waals surface area contributed by atoms with E-state index in [1.807, 2.05) is 12.4 Å². The van der Waals surface area contributed by atoms with Crippen LogP contribution >= 0.6 is 11.3 Å². The number of nitrogens with zero attached hydrogens (tertiary/aromatic N) is 2. The number of aromatic amines is 2. The van der Waals surface area contributed by atoms with Crippen LogP contribution in [-0.4, -0.2) is 33.3 Å². The molecule has 5 heterocycles. The lowest BCUT2D eigenvalue weighted by Crippen LogP contribution is -2.24. The van der Waals surface area contributed by atoms with Crippen molar-refractivity contribution in [1.29, 1.82) is 0 Å². The van der Waals surface area contributed by atoms with Gasteiger partial charge in [0.15, 0.2) is 0 Å². The lowest BCUT2D eigenvalue weighted by molar-refractivity contribution is 0.710. The zero-order valence-corrected chi connectivity index (χ0v) is 18.6. The Hall–Kier alpha value is -3.22. The molecule has 0 aromatic carbocycles. The third-order valence-electron chi connectivity index (χ3n) is 5.74. The second-order valence-corrected chi connectivity index (χ2v) is 9.07. The minimum Gasteiger partial charge on any atom is -0.352 e. The van der Waals surface area contributed by atoms with Crippen LogP contribution in [0.15, 0.2) is 53.9 Å². The normalized spacial score (nSPS) is 15.6. The molecule has 0 bridgehead atoms. The summed E-state index contributed by atoms with van der Waals surface area (Å²) in [5, 5.41) is 14.0. The van der Waals surface area contributed by atoms with Gasteiger partial charge in [0.25, 0.3) is 0 Å². The Kier molecular flexibility index (Phi) is 5.18. The van der Waals surface area contributed by atoms with E-state index in [0.717, 1.165) is 57.9 Å². The van der Waals surface area contributed by atoms with E-state index in [0.29, 0.717) is 0 Å². The summed E-state index contributed by atoms with van der Waals surface area (Å²) in [4.78, 5) is 10.5. The maximum Gasteiger partial charge on any atom is 0.116 e. The van der Waals surface area contributed by atoms with E-state index in [1.54, 1.807) is 11.3 Å². The molecule has 1 aliphatic rings. The predicted molar refractivity (Wildman–Crippen MR) is 130 cm³/mol. The summed E-state index contributed by atoms with van der Waals surface area (Å²) in [5.74, 6) is 0. The van der Waals surface area contributed by atoms with Gasteiger partial charge in [-0.05, 0) is 62.2 Å². The Morgan fingerprint density at radius 1 is 1.26 bits per heavy atom. The van der Waals surface area contributed by atoms with Crippen molar-refractivity contribution in [2.75, 3.05) is 13.1 Å². The van der Waals surface area contributed by atoms with Gasteiger partial charge in [-0.2, -0.15) is 5.10 Å². The van der Waals surface area contributed by atoms with Gasteiger partial charge in [-0.25, -0.2) is 0 Å². The lowest BCUT2D eigenvalue weighted by Gasteiger charge is -2.14. The van der Waals surface area contributed by atoms with Crippen LogP contribution in [0, 0.1) is 6.92 Å². The fourth-order valence-electron chi connectivity index (χ4n) is 4.10. The van der Waals surface area contributed by atoms with Gasteiger partial charge in [0.2, 0.25) is 0 Å². The van der Waals surface area contributed by atoms with Crippen LogP contribution in [-0.2, 0) is 0 Å². The van der Waals surface area contributed by atoms with E-state index in [1.165, 1.54) is 20.9 Å². The number of aromatic nitrogens is 4. The van der Waals surface area contributed by atoms with Crippen LogP contribution < -0.4 is 15.9 Å². The fourth-order valence-corrected chi connectivity index (χ4v) is 5.00. The standard InChI is InChI=1S/C25H25N5S/c1-4-17(18-7-9-26-10-8-18)11-19-16(3)29-30-25(19)22-12-20-21(13-27-14-23(20)28-22)24-6-5-15(2)31-24/h4-7,11-14,26,28-29H,3,8-10H2,1-2H3/b17-4+,19-11+. The first-order chi connectivity index (χ1) is 15.1. The van der Waals surface area contributed by atoms with Crippen molar-refractivity contribution in [2.24, 2.45) is 0 Å². The maximum atomic E-state index is 4.59. The van der Waals surface area contributed by atoms with Crippen molar-refractivity contribution in [3.63, 3.8) is 0 Å². The minimum absolute atomic E-state index is 0.815. The molecule has 31 heavy (non-hydrogen) atoms. The Bertz CT molecular complexity index is 1430. The number of allylic oxidation sites excluding steroid dienone is 2. The molecule has 0 aliphatic carbocycles. The third kappa shape index (κ3) is 3.69. The zero-order valence-electron chi connectivity index (χ0n) is 17.7. The van der Waals surface area contributed by atoms with Crippen molar-refractivity contribution in [3.8, 4) is 21.8 Å². The topological polar surface area (TPSA) is 69.4 Å². The molecule has 0 spiro atoms. The third-order valence-corrected chi connectivity index (χ3v) is 6.77. The number of fused-ring (bicyclic) bond motifs is 1. The molecule has 0 saturated heterocycles. The summed E-state index contributed by atoms with van der Waals surface area (Å²) in [6.45, 7) is 10.3. The van der Waals surface area contributed by atoms with Crippen molar-refractivity contribution in [1.82, 2.24) is 25.5 Å². The second-order valence-electron chi connectivity index (χ2n) is 7.78. The van der Waals surface area contributed by atoms with Crippen molar-refractivity contribution in [3.05, 3.63) is 69.3 Å². The first-order valence-electron chi connectivity index (χ1n) is 10.5. The summed E-state index contributed by atoms with van der Waals surface area (Å²) >= 11 is 1.78. The second kappa shape index (κ2) is 8.13. The molecule has 0 amide bonds. The molecule has 156 valence electrons. The molecular formula is C25H25N5S. The average Bonchev–Trinajstić information content (AvgIpc) is 3.50. The molecule has 4 aromatic rings. The number of thiophene rings is 1. The van der Waals surface area contributed by atoms with E-state index >= 15 is 0 Å². The van der Waals surface area contributed by atoms with Gasteiger partial charge in [0, 0.05) is 38.7 Å². The van der Waals surface area contributed by atoms with Crippen LogP contribution in [0.3, 0.4) is 0 Å². The highest BCUT2D eigenvalue weighted by Crippen LogP contribution is 2.34. The highest BCUT2D eigenvalue weighted by atomic mass is 32.1. The van der Waals surface area contributed by atoms with E-state index in [9.17, 15) is 0 Å². The van der Waals surface area contributed by atoms with Gasteiger partial charge >= 0.3 is 0 Å². The summed E-state index contributed by atoms with van der Waals surface area (Å²) in [6.07, 6.45) is 11.5. The summed E-state index contributed by atoms with van der Waals surface area (Å²) in [6, 6.07) is 6.49. The smallest absolute Gasteiger partial charge is 0.116 e. The van der Waals surface area contributed by atoms with Crippen molar-refractivity contribution < 1.29 is 0 Å². The average molecular weight is 428 g/mol. The summed E-state index contributed by atoms with van der Waals surface area (Å²) < 4.78 is 0. The number of H-pyrrole nitrogens is 2. The number of pyridine rings is 1. The first kappa shape index (κ1) is 19.7. The van der Waals surface area contributed by atoms with Gasteiger partial charge in [-0.3, -0.25) is 10.1 Å². The molecule has 1 aliphatic heterocycles. The van der Waals surface area contributed by atoms with E-state index in [-0.39, 0.29) is 0 Å². The molecular weight excluding hydrogens is 402 g/mol. The lowest BCUT2D eigenvalue weighted by atomic mass is 9.98. The van der Waals surface area contributed by atoms with Gasteiger partial charge in [-0.15, -0.1) is 11.3 Å². The van der Waals surface area contributed by atoms with Crippen LogP contribution in [0.2, 0.25) is 0 Å². The van der Waals surface area contributed by atoms with Crippen molar-refractivity contribution >= 4 is 34.9 Å². The van der Waals surface area contributed by atoms with Gasteiger partial charge < -0.3 is 10.3 Å². The SMILES string of the molecule is C=c1[nH]nc(-c2cc3c(-c4ccc(C)s4)cncc3[nH]2)/c1=C/C(=C\C)C1=CCNCC1. The highest BCUT2D eigenvalue weighted by molar-refractivity contribution is 7.15. The van der Waals surface area contributed by atoms with Crippen LogP contribution in [0.4, 0.5) is 0 Å². The molecule has 0 atom stereocenters. The Balaban J connectivity index is 1.64. The number of aryl methyl sites for hydroxylation is 1. The molecule has 0 saturated carbocycles. The van der Waals surface area contributed by atoms with Gasteiger partial charge in [0.1, 0.15) is 5.69 Å². The first-order valence-corrected chi connectivity index (χ1v) is 11.3. The van der Waals surface area contributed by atoms with Gasteiger partial charge in [0.05, 0.1) is 22.8 Å². The predicted octanol–water partition coefficient (Wildman–Crippen LogP) is 4.05. The Morgan fingerprint density at radius 2 is 2.16 bits per heavy atom. The van der Waals surface area contributed by atoms with Crippen LogP contribution in [0.5, 0.6) is 0 Å². The molecule has 0 radical (unpaired) electrons. The maximum absolute atomic E-state index is 4.59. The summed E-state index contributed by atoms with van der Waals surface area (Å²) in [5.41, 5.74) is 6.58. The van der Waals surface area contributed by atoms with Gasteiger partial charge in [-0.1, -0.05) is 18.7 Å². The number of hydrogen-bond acceptors (Lipinski definition) is 4. The molecule has 0 fully saturated rings. The fraction of sp³-hybridized carbons (Fsp3) is 0.200. The summed E-state index contributed by atoms with van der Waals surface area (Å²) in [7, 11) is 0. The van der Waals surface area contributed by atoms with E-state index < -0.39 is 0 Å². The van der Waals surface area contributed by atoms with E-state index in [2.05, 4.69) is 82.3 Å². The van der Waals surface area contributed by atoms with Crippen LogP contribution in [0.1, 0.15) is 18.2 Å². The quantitative estimate of drug-likeness (QED) is 0.460. The zero-order chi connectivity index (χ0) is 21.4. The molecule has 0 unspecified atom stereocenters. The van der Waals surface area contributed by atoms with E-state index in [4.69, 9.17) is 0 Å². The molecule has 4 aromatic heterocycles. The van der Waals surface area contributed by atoms with Crippen molar-refractivity contribution in [2.45, 2.75) is 20.3 Å². The number of hydrogen-bond donors (Lipinski definition) is 3. The molecule has 3 N–H and O–H groups in total. The minimum atomic E-state index is 0.815. The highest BCUT2D eigenvalue weighted by Gasteiger charge is 2.14. The molecule has 5 rings (SSSR count). The Labute approximate surface area is 184 Å². The molecule has 5 nitrogen and oxygen atoms in total. The Morgan fingerprint density at radius 3 is 2.90 bits per heavy atom. The monoisotopic (exact) mass is 427 g/mol. The number of nitrogens with one attached hydrogen (secondary N) is 3. The largest absolute Gasteiger partial charge is 0.352 e.